The SMILES string of the molecule is CN(C)[C@@H]1Cc2c(Cl)cc(Cl)cc2[C@H]1Oc1ccc(S(=O)(=O)NCCOCCOCCCC(=O)CCC(C)(CCC(=O)CCCOCCOCCNS(=O)(=O)c2ccc(O[C@@H]3c4cc(Cl)cc(Cl)c4C[C@H]3N(C)C)cc2)[N+](=O)[O-])cc1. The van der Waals surface area contributed by atoms with Crippen molar-refractivity contribution in [3.05, 3.63) is 125 Å². The molecule has 4 aromatic rings. The summed E-state index contributed by atoms with van der Waals surface area (Å²) in [6.45, 7) is 3.12. The van der Waals surface area contributed by atoms with Crippen LogP contribution in [0, 0.1) is 10.1 Å². The Morgan fingerprint density at radius 2 is 0.938 bits per heavy atom. The zero-order valence-electron chi connectivity index (χ0n) is 46.3. The lowest BCUT2D eigenvalue weighted by atomic mass is 9.88. The van der Waals surface area contributed by atoms with E-state index >= 15 is 0 Å². The first-order valence-corrected chi connectivity index (χ1v) is 31.3. The Morgan fingerprint density at radius 1 is 0.580 bits per heavy atom. The second-order valence-electron chi connectivity index (χ2n) is 20.7. The summed E-state index contributed by atoms with van der Waals surface area (Å²) in [5.41, 5.74) is 2.32. The van der Waals surface area contributed by atoms with E-state index in [-0.39, 0.29) is 150 Å². The minimum absolute atomic E-state index is 0.00155. The molecule has 6 rings (SSSR count). The van der Waals surface area contributed by atoms with Gasteiger partial charge in [-0.05, 0) is 138 Å². The highest BCUT2D eigenvalue weighted by Gasteiger charge is 2.40. The third kappa shape index (κ3) is 19.5. The summed E-state index contributed by atoms with van der Waals surface area (Å²) in [4.78, 5) is 41.1. The van der Waals surface area contributed by atoms with Crippen LogP contribution in [-0.4, -0.2) is 155 Å². The summed E-state index contributed by atoms with van der Waals surface area (Å²) in [5, 5.41) is 14.2. The topological polar surface area (TPSA) is 231 Å². The third-order valence-corrected chi connectivity index (χ3v) is 18.3. The van der Waals surface area contributed by atoms with E-state index in [1.165, 1.54) is 31.2 Å². The van der Waals surface area contributed by atoms with E-state index < -0.39 is 30.5 Å². The van der Waals surface area contributed by atoms with Crippen LogP contribution in [0.4, 0.5) is 0 Å². The molecule has 0 unspecified atom stereocenters. The number of Topliss-reactive ketones (excluding diaryl/α,β-unsaturated/α-hetero) is 2. The summed E-state index contributed by atoms with van der Waals surface area (Å²) in [6.07, 6.45) is 1.83. The summed E-state index contributed by atoms with van der Waals surface area (Å²) in [6, 6.07) is 19.5. The fourth-order valence-electron chi connectivity index (χ4n) is 9.54. The highest BCUT2D eigenvalue weighted by molar-refractivity contribution is 7.89. The maximum absolute atomic E-state index is 12.9. The minimum Gasteiger partial charge on any atom is -0.484 e. The number of nitro groups is 1. The molecule has 19 nitrogen and oxygen atoms in total. The van der Waals surface area contributed by atoms with Gasteiger partial charge in [-0.3, -0.25) is 19.7 Å². The van der Waals surface area contributed by atoms with Crippen LogP contribution in [0.15, 0.2) is 82.6 Å². The van der Waals surface area contributed by atoms with Crippen molar-refractivity contribution in [2.45, 2.75) is 111 Å². The maximum Gasteiger partial charge on any atom is 0.240 e. The number of likely N-dealkylation sites (N-methyl/N-ethyl adjacent to an activating group) is 2. The second-order valence-corrected chi connectivity index (χ2v) is 25.9. The van der Waals surface area contributed by atoms with Gasteiger partial charge in [0.05, 0.1) is 61.5 Å². The number of ketones is 2. The van der Waals surface area contributed by atoms with Crippen molar-refractivity contribution >= 4 is 78.0 Å². The normalized spacial score (nSPS) is 17.2. The standard InChI is InChI=1S/C56H73Cl4N5O14S2/c1-56(65(68)69,20-18-40(66)8-6-24-74-28-30-76-26-22-61-80(70,71)44-14-10-42(11-15-44)78-54-48-32-38(57)34-50(59)46(48)36-52(54)63(2)3)21-19-41(67)9-7-25-75-29-31-77-27-23-62-81(72,73)45-16-12-43(13-17-45)79-55-49-33-39(58)35-51(60)47(49)37-53(55)64(4)5/h10-17,32-35,52-55,61-62H,6-9,18-31,36-37H2,1-5H3/t52-,53-,54-,55-/m1/s1. The molecule has 0 amide bonds. The molecule has 2 N–H and O–H groups in total. The van der Waals surface area contributed by atoms with Crippen molar-refractivity contribution in [2.75, 3.05) is 94.1 Å². The molecule has 0 saturated carbocycles. The largest absolute Gasteiger partial charge is 0.484 e. The molecular formula is C56H73Cl4N5O14S2. The lowest BCUT2D eigenvalue weighted by Crippen LogP contribution is -2.36. The monoisotopic (exact) mass is 1240 g/mol. The van der Waals surface area contributed by atoms with Crippen LogP contribution in [0.5, 0.6) is 11.5 Å². The minimum atomic E-state index is -3.82. The first kappa shape index (κ1) is 66.1. The molecule has 81 heavy (non-hydrogen) atoms. The highest BCUT2D eigenvalue weighted by Crippen LogP contribution is 2.44. The lowest BCUT2D eigenvalue weighted by molar-refractivity contribution is -0.567. The molecule has 25 heteroatoms. The zero-order valence-corrected chi connectivity index (χ0v) is 50.9. The predicted molar refractivity (Wildman–Crippen MR) is 311 cm³/mol. The van der Waals surface area contributed by atoms with Gasteiger partial charge in [0.25, 0.3) is 0 Å². The van der Waals surface area contributed by atoms with Crippen LogP contribution in [0.2, 0.25) is 20.1 Å². The molecule has 0 bridgehead atoms. The van der Waals surface area contributed by atoms with Gasteiger partial charge >= 0.3 is 0 Å². The number of ether oxygens (including phenoxy) is 6. The molecule has 0 saturated heterocycles. The fourth-order valence-corrected chi connectivity index (χ4v) is 12.7. The molecule has 446 valence electrons. The average molecular weight is 1250 g/mol. The van der Waals surface area contributed by atoms with E-state index in [0.717, 1.165) is 22.3 Å². The van der Waals surface area contributed by atoms with Gasteiger partial charge in [0.1, 0.15) is 35.3 Å². The van der Waals surface area contributed by atoms with Crippen LogP contribution in [0.1, 0.15) is 92.8 Å². The number of nitrogens with one attached hydrogen (secondary N) is 2. The lowest BCUT2D eigenvalue weighted by Gasteiger charge is -2.27. The van der Waals surface area contributed by atoms with Crippen molar-refractivity contribution in [1.82, 2.24) is 19.2 Å². The van der Waals surface area contributed by atoms with Crippen molar-refractivity contribution in [3.8, 4) is 11.5 Å². The molecule has 0 fully saturated rings. The van der Waals surface area contributed by atoms with Crippen LogP contribution < -0.4 is 18.9 Å². The van der Waals surface area contributed by atoms with Gasteiger partial charge in [-0.2, -0.15) is 0 Å². The number of carbonyl (C=O) groups excluding carboxylic acids is 2. The zero-order chi connectivity index (χ0) is 58.9. The van der Waals surface area contributed by atoms with Crippen LogP contribution in [0.3, 0.4) is 0 Å². The van der Waals surface area contributed by atoms with E-state index in [2.05, 4.69) is 19.2 Å². The summed E-state index contributed by atoms with van der Waals surface area (Å²) < 4.78 is 91.6. The molecule has 0 radical (unpaired) electrons. The predicted octanol–water partition coefficient (Wildman–Crippen LogP) is 9.13. The Balaban J connectivity index is 0.749. The van der Waals surface area contributed by atoms with Gasteiger partial charge < -0.3 is 38.2 Å². The average Bonchev–Trinajstić information content (AvgIpc) is 4.11. The number of carbonyl (C=O) groups is 2. The van der Waals surface area contributed by atoms with Crippen LogP contribution in [-0.2, 0) is 61.4 Å². The Hall–Kier alpha value is -4.04. The van der Waals surface area contributed by atoms with Crippen LogP contribution >= 0.6 is 46.4 Å². The molecule has 4 atom stereocenters. The molecule has 0 aromatic heterocycles. The number of hydrogen-bond donors (Lipinski definition) is 2. The number of halogens is 4. The van der Waals surface area contributed by atoms with E-state index in [4.69, 9.17) is 74.8 Å². The molecule has 2 aliphatic rings. The number of fused-ring (bicyclic) bond motifs is 2. The molecule has 2 aliphatic carbocycles. The van der Waals surface area contributed by atoms with E-state index in [1.54, 1.807) is 36.4 Å². The second kappa shape index (κ2) is 31.2. The van der Waals surface area contributed by atoms with Crippen molar-refractivity contribution in [2.24, 2.45) is 0 Å². The van der Waals surface area contributed by atoms with Gasteiger partial charge in [-0.1, -0.05) is 46.4 Å². The van der Waals surface area contributed by atoms with Crippen molar-refractivity contribution < 1.29 is 59.8 Å². The maximum atomic E-state index is 12.9. The molecule has 4 aromatic carbocycles. The van der Waals surface area contributed by atoms with Crippen LogP contribution in [0.25, 0.3) is 0 Å². The first-order chi connectivity index (χ1) is 38.5. The van der Waals surface area contributed by atoms with Gasteiger partial charge in [-0.25, -0.2) is 26.3 Å². The van der Waals surface area contributed by atoms with Gasteiger partial charge in [0, 0.05) is 108 Å². The number of benzene rings is 4. The van der Waals surface area contributed by atoms with E-state index in [0.29, 0.717) is 57.3 Å². The van der Waals surface area contributed by atoms with E-state index in [1.807, 2.05) is 40.3 Å². The summed E-state index contributed by atoms with van der Waals surface area (Å²) >= 11 is 25.6. The smallest absolute Gasteiger partial charge is 0.240 e. The first-order valence-electron chi connectivity index (χ1n) is 26.8. The highest BCUT2D eigenvalue weighted by atomic mass is 35.5. The molecular weight excluding hydrogens is 1170 g/mol. The summed E-state index contributed by atoms with van der Waals surface area (Å²) in [7, 11) is 0.203. The van der Waals surface area contributed by atoms with Crippen molar-refractivity contribution in [3.63, 3.8) is 0 Å². The summed E-state index contributed by atoms with van der Waals surface area (Å²) in [5.74, 6) is 0.710. The van der Waals surface area contributed by atoms with Gasteiger partial charge in [0.15, 0.2) is 0 Å². The molecule has 0 aliphatic heterocycles. The Kier molecular flexibility index (Phi) is 25.5. The number of rotatable bonds is 37. The Bertz CT molecular complexity index is 2790. The number of nitrogens with zero attached hydrogens (tertiary/aromatic N) is 3. The third-order valence-electron chi connectivity index (χ3n) is 14.3. The number of sulfonamides is 2. The van der Waals surface area contributed by atoms with Gasteiger partial charge in [0.2, 0.25) is 25.6 Å². The number of hydrogen-bond acceptors (Lipinski definition) is 16. The fraction of sp³-hybridized carbons (Fsp3) is 0.536. The Morgan fingerprint density at radius 3 is 1.28 bits per heavy atom. The van der Waals surface area contributed by atoms with Gasteiger partial charge in [-0.15, -0.1) is 0 Å². The molecule has 0 spiro atoms. The molecule has 0 heterocycles. The van der Waals surface area contributed by atoms with Crippen molar-refractivity contribution in [1.29, 1.82) is 0 Å². The van der Waals surface area contributed by atoms with E-state index in [9.17, 15) is 36.5 Å². The Labute approximate surface area is 495 Å². The quantitative estimate of drug-likeness (QED) is 0.0243.